The van der Waals surface area contributed by atoms with Gasteiger partial charge in [0.05, 0.1) is 23.7 Å². The van der Waals surface area contributed by atoms with E-state index in [4.69, 9.17) is 0 Å². The van der Waals surface area contributed by atoms with Crippen molar-refractivity contribution < 1.29 is 4.79 Å². The first-order chi connectivity index (χ1) is 12.7. The molecule has 3 aromatic rings. The number of aryl methyl sites for hydroxylation is 1. The van der Waals surface area contributed by atoms with E-state index in [2.05, 4.69) is 26.8 Å². The lowest BCUT2D eigenvalue weighted by molar-refractivity contribution is 0.0935. The number of nitrogens with zero attached hydrogens (tertiary/aromatic N) is 3. The summed E-state index contributed by atoms with van der Waals surface area (Å²) in [7, 11) is 0. The summed E-state index contributed by atoms with van der Waals surface area (Å²) in [6.45, 7) is 2.62. The van der Waals surface area contributed by atoms with Gasteiger partial charge in [-0.05, 0) is 37.3 Å². The summed E-state index contributed by atoms with van der Waals surface area (Å²) in [6, 6.07) is 6.30. The molecule has 26 heavy (non-hydrogen) atoms. The van der Waals surface area contributed by atoms with E-state index in [9.17, 15) is 4.79 Å². The molecule has 0 radical (unpaired) electrons. The second-order valence-electron chi connectivity index (χ2n) is 7.09. The molecule has 0 saturated heterocycles. The normalized spacial score (nSPS) is 15.9. The second-order valence-corrected chi connectivity index (χ2v) is 8.12. The Morgan fingerprint density at radius 3 is 2.85 bits per heavy atom. The monoisotopic (exact) mass is 368 g/mol. The van der Waals surface area contributed by atoms with Crippen LogP contribution >= 0.6 is 11.3 Å². The van der Waals surface area contributed by atoms with E-state index in [0.29, 0.717) is 12.1 Å². The van der Waals surface area contributed by atoms with Crippen molar-refractivity contribution in [3.05, 3.63) is 45.9 Å². The number of thiophene rings is 1. The zero-order valence-electron chi connectivity index (χ0n) is 15.1. The number of rotatable bonds is 4. The lowest BCUT2D eigenvalue weighted by Crippen LogP contribution is -2.34. The molecule has 1 fully saturated rings. The van der Waals surface area contributed by atoms with Gasteiger partial charge in [0, 0.05) is 16.6 Å². The van der Waals surface area contributed by atoms with Gasteiger partial charge in [-0.15, -0.1) is 11.3 Å². The van der Waals surface area contributed by atoms with Gasteiger partial charge in [0.25, 0.3) is 5.91 Å². The molecule has 0 aromatic carbocycles. The molecular weight excluding hydrogens is 344 g/mol. The molecule has 0 unspecified atom stereocenters. The summed E-state index contributed by atoms with van der Waals surface area (Å²) < 4.78 is 1.89. The maximum atomic E-state index is 12.9. The highest BCUT2D eigenvalue weighted by Crippen LogP contribution is 2.22. The number of fused-ring (bicyclic) bond motifs is 1. The first kappa shape index (κ1) is 17.2. The summed E-state index contributed by atoms with van der Waals surface area (Å²) in [4.78, 5) is 18.8. The van der Waals surface area contributed by atoms with Gasteiger partial charge >= 0.3 is 0 Å². The molecule has 4 rings (SSSR count). The summed E-state index contributed by atoms with van der Waals surface area (Å²) in [6.07, 6.45) is 8.90. The van der Waals surface area contributed by atoms with Crippen LogP contribution in [0.1, 0.15) is 59.5 Å². The highest BCUT2D eigenvalue weighted by atomic mass is 32.1. The third kappa shape index (κ3) is 3.65. The van der Waals surface area contributed by atoms with E-state index in [-0.39, 0.29) is 11.9 Å². The van der Waals surface area contributed by atoms with Crippen LogP contribution in [-0.4, -0.2) is 26.7 Å². The number of pyridine rings is 1. The quantitative estimate of drug-likeness (QED) is 0.699. The van der Waals surface area contributed by atoms with Crippen molar-refractivity contribution in [2.75, 3.05) is 0 Å². The average molecular weight is 369 g/mol. The SMILES string of the molecule is Cc1cc(C(=O)NC2CCCCCC2)c2cnn(Cc3cccs3)c2n1. The van der Waals surface area contributed by atoms with E-state index in [1.165, 1.54) is 30.6 Å². The van der Waals surface area contributed by atoms with E-state index in [0.717, 1.165) is 29.6 Å². The van der Waals surface area contributed by atoms with E-state index in [1.54, 1.807) is 17.5 Å². The Labute approximate surface area is 157 Å². The molecule has 3 heterocycles. The van der Waals surface area contributed by atoms with Gasteiger partial charge in [-0.1, -0.05) is 31.7 Å². The fourth-order valence-corrected chi connectivity index (χ4v) is 4.40. The van der Waals surface area contributed by atoms with E-state index in [1.807, 2.05) is 23.7 Å². The van der Waals surface area contributed by atoms with Gasteiger partial charge in [0.15, 0.2) is 5.65 Å². The minimum absolute atomic E-state index is 0.00285. The molecule has 0 atom stereocenters. The standard InChI is InChI=1S/C20H24N4OS/c1-14-11-17(20(25)23-15-7-4-2-3-5-8-15)18-12-21-24(19(18)22-14)13-16-9-6-10-26-16/h6,9-12,15H,2-5,7-8,13H2,1H3,(H,23,25). The minimum Gasteiger partial charge on any atom is -0.349 e. The van der Waals surface area contributed by atoms with Crippen LogP contribution in [0.4, 0.5) is 0 Å². The zero-order valence-corrected chi connectivity index (χ0v) is 15.9. The van der Waals surface area contributed by atoms with Crippen LogP contribution in [0.3, 0.4) is 0 Å². The molecule has 0 spiro atoms. The van der Waals surface area contributed by atoms with Crippen molar-refractivity contribution in [1.29, 1.82) is 0 Å². The first-order valence-electron chi connectivity index (χ1n) is 9.37. The van der Waals surface area contributed by atoms with E-state index >= 15 is 0 Å². The topological polar surface area (TPSA) is 59.8 Å². The molecule has 1 aliphatic rings. The molecule has 1 aliphatic carbocycles. The molecule has 3 aromatic heterocycles. The second kappa shape index (κ2) is 7.58. The van der Waals surface area contributed by atoms with Crippen molar-refractivity contribution in [3.63, 3.8) is 0 Å². The van der Waals surface area contributed by atoms with Crippen molar-refractivity contribution in [1.82, 2.24) is 20.1 Å². The third-order valence-electron chi connectivity index (χ3n) is 5.06. The van der Waals surface area contributed by atoms with Crippen LogP contribution in [0.2, 0.25) is 0 Å². The fraction of sp³-hybridized carbons (Fsp3) is 0.450. The summed E-state index contributed by atoms with van der Waals surface area (Å²) in [5.41, 5.74) is 2.31. The van der Waals surface area contributed by atoms with Gasteiger partial charge in [0.2, 0.25) is 0 Å². The molecule has 5 nitrogen and oxygen atoms in total. The third-order valence-corrected chi connectivity index (χ3v) is 5.92. The molecular formula is C20H24N4OS. The maximum Gasteiger partial charge on any atom is 0.252 e. The van der Waals surface area contributed by atoms with Crippen LogP contribution < -0.4 is 5.32 Å². The Hall–Kier alpha value is -2.21. The molecule has 136 valence electrons. The lowest BCUT2D eigenvalue weighted by Gasteiger charge is -2.16. The van der Waals surface area contributed by atoms with Crippen molar-refractivity contribution in [2.45, 2.75) is 58.0 Å². The number of aromatic nitrogens is 3. The predicted molar refractivity (Wildman–Crippen MR) is 105 cm³/mol. The van der Waals surface area contributed by atoms with Crippen molar-refractivity contribution >= 4 is 28.3 Å². The number of amides is 1. The number of carbonyl (C=O) groups excluding carboxylic acids is 1. The fourth-order valence-electron chi connectivity index (χ4n) is 3.71. The Balaban J connectivity index is 1.62. The first-order valence-corrected chi connectivity index (χ1v) is 10.2. The van der Waals surface area contributed by atoms with Gasteiger partial charge in [-0.3, -0.25) is 4.79 Å². The van der Waals surface area contributed by atoms with Gasteiger partial charge in [-0.25, -0.2) is 9.67 Å². The van der Waals surface area contributed by atoms with E-state index < -0.39 is 0 Å². The summed E-state index contributed by atoms with van der Waals surface area (Å²) >= 11 is 1.70. The smallest absolute Gasteiger partial charge is 0.252 e. The predicted octanol–water partition coefficient (Wildman–Crippen LogP) is 4.30. The summed E-state index contributed by atoms with van der Waals surface area (Å²) in [5.74, 6) is 0.00285. The Bertz CT molecular complexity index is 892. The van der Waals surface area contributed by atoms with Crippen molar-refractivity contribution in [3.8, 4) is 0 Å². The lowest BCUT2D eigenvalue weighted by atomic mass is 10.1. The van der Waals surface area contributed by atoms with Crippen LogP contribution in [-0.2, 0) is 6.54 Å². The molecule has 1 saturated carbocycles. The summed E-state index contributed by atoms with van der Waals surface area (Å²) in [5, 5.41) is 10.6. The van der Waals surface area contributed by atoms with Crippen LogP contribution in [0.15, 0.2) is 29.8 Å². The zero-order chi connectivity index (χ0) is 17.9. The molecule has 1 amide bonds. The van der Waals surface area contributed by atoms with Gasteiger partial charge in [-0.2, -0.15) is 5.10 Å². The number of hydrogen-bond donors (Lipinski definition) is 1. The highest BCUT2D eigenvalue weighted by molar-refractivity contribution is 7.09. The van der Waals surface area contributed by atoms with Gasteiger partial charge in [0.1, 0.15) is 0 Å². The average Bonchev–Trinajstić information content (AvgIpc) is 3.20. The van der Waals surface area contributed by atoms with Crippen LogP contribution in [0, 0.1) is 6.92 Å². The van der Waals surface area contributed by atoms with Gasteiger partial charge < -0.3 is 5.32 Å². The largest absolute Gasteiger partial charge is 0.349 e. The van der Waals surface area contributed by atoms with Crippen LogP contribution in [0.25, 0.3) is 11.0 Å². The Morgan fingerprint density at radius 2 is 2.12 bits per heavy atom. The molecule has 0 aliphatic heterocycles. The maximum absolute atomic E-state index is 12.9. The highest BCUT2D eigenvalue weighted by Gasteiger charge is 2.20. The van der Waals surface area contributed by atoms with Crippen molar-refractivity contribution in [2.24, 2.45) is 0 Å². The number of carbonyl (C=O) groups is 1. The Kier molecular flexibility index (Phi) is 5.02. The van der Waals surface area contributed by atoms with Crippen LogP contribution in [0.5, 0.6) is 0 Å². The molecule has 0 bridgehead atoms. The Morgan fingerprint density at radius 1 is 1.31 bits per heavy atom. The molecule has 1 N–H and O–H groups in total. The molecule has 6 heteroatoms. The number of nitrogens with one attached hydrogen (secondary N) is 1. The number of hydrogen-bond acceptors (Lipinski definition) is 4. The minimum atomic E-state index is 0.00285.